The smallest absolute Gasteiger partial charge is 0.221 e. The van der Waals surface area contributed by atoms with Crippen molar-refractivity contribution in [3.05, 3.63) is 0 Å². The van der Waals surface area contributed by atoms with Gasteiger partial charge in [-0.2, -0.15) is 0 Å². The van der Waals surface area contributed by atoms with E-state index in [1.54, 1.807) is 0 Å². The molecule has 1 atom stereocenters. The fraction of sp³-hybridized carbons (Fsp3) is 0.923. The van der Waals surface area contributed by atoms with Crippen LogP contribution in [0.25, 0.3) is 0 Å². The van der Waals surface area contributed by atoms with E-state index < -0.39 is 0 Å². The number of likely N-dealkylation sites (N-methyl/N-ethyl adjacent to an activating group) is 1. The van der Waals surface area contributed by atoms with Crippen molar-refractivity contribution in [1.82, 2.24) is 15.5 Å². The number of nitrogens with zero attached hydrogens (tertiary/aromatic N) is 1. The monoisotopic (exact) mass is 241 g/mol. The zero-order chi connectivity index (χ0) is 12.9. The van der Waals surface area contributed by atoms with Crippen LogP contribution in [0.4, 0.5) is 0 Å². The van der Waals surface area contributed by atoms with Gasteiger partial charge >= 0.3 is 0 Å². The zero-order valence-corrected chi connectivity index (χ0v) is 11.7. The van der Waals surface area contributed by atoms with Crippen LogP contribution in [0.2, 0.25) is 0 Å². The van der Waals surface area contributed by atoms with Crippen LogP contribution in [0.1, 0.15) is 40.0 Å². The topological polar surface area (TPSA) is 44.4 Å². The van der Waals surface area contributed by atoms with Crippen molar-refractivity contribution < 1.29 is 4.79 Å². The number of likely N-dealkylation sites (tertiary alicyclic amines) is 1. The van der Waals surface area contributed by atoms with E-state index in [0.717, 1.165) is 26.1 Å². The standard InChI is InChI=1S/C13H27N3O/c1-13(2,3)14-8-7-12(17)15-11-6-5-9-16(4)10-11/h11,14H,5-10H2,1-4H3,(H,15,17). The van der Waals surface area contributed by atoms with Gasteiger partial charge in [0.05, 0.1) is 0 Å². The molecule has 100 valence electrons. The van der Waals surface area contributed by atoms with Crippen molar-refractivity contribution in [2.75, 3.05) is 26.7 Å². The van der Waals surface area contributed by atoms with Gasteiger partial charge < -0.3 is 15.5 Å². The summed E-state index contributed by atoms with van der Waals surface area (Å²) >= 11 is 0. The largest absolute Gasteiger partial charge is 0.352 e. The first kappa shape index (κ1) is 14.5. The van der Waals surface area contributed by atoms with Crippen LogP contribution in [-0.4, -0.2) is 49.1 Å². The molecule has 0 aromatic heterocycles. The minimum atomic E-state index is 0.0886. The molecule has 17 heavy (non-hydrogen) atoms. The van der Waals surface area contributed by atoms with Crippen LogP contribution in [0, 0.1) is 0 Å². The van der Waals surface area contributed by atoms with Crippen LogP contribution in [0.5, 0.6) is 0 Å². The molecule has 1 saturated heterocycles. The van der Waals surface area contributed by atoms with E-state index in [4.69, 9.17) is 0 Å². The molecule has 0 aromatic rings. The van der Waals surface area contributed by atoms with Crippen molar-refractivity contribution in [3.8, 4) is 0 Å². The fourth-order valence-electron chi connectivity index (χ4n) is 2.14. The minimum Gasteiger partial charge on any atom is -0.352 e. The molecule has 1 heterocycles. The minimum absolute atomic E-state index is 0.0886. The Bertz CT molecular complexity index is 248. The molecule has 0 aliphatic carbocycles. The van der Waals surface area contributed by atoms with Crippen LogP contribution < -0.4 is 10.6 Å². The Labute approximate surface area is 105 Å². The third-order valence-electron chi connectivity index (χ3n) is 3.00. The van der Waals surface area contributed by atoms with Crippen LogP contribution in [0.3, 0.4) is 0 Å². The van der Waals surface area contributed by atoms with Gasteiger partial charge in [0.25, 0.3) is 0 Å². The Morgan fingerprint density at radius 3 is 2.71 bits per heavy atom. The maximum atomic E-state index is 11.7. The predicted molar refractivity (Wildman–Crippen MR) is 71.0 cm³/mol. The molecule has 1 rings (SSSR count). The number of hydrogen-bond acceptors (Lipinski definition) is 3. The number of nitrogens with one attached hydrogen (secondary N) is 2. The van der Waals surface area contributed by atoms with E-state index in [1.165, 1.54) is 6.42 Å². The van der Waals surface area contributed by atoms with Gasteiger partial charge in [-0.05, 0) is 47.2 Å². The molecule has 0 aromatic carbocycles. The molecular weight excluding hydrogens is 214 g/mol. The van der Waals surface area contributed by atoms with Gasteiger partial charge in [0.2, 0.25) is 5.91 Å². The van der Waals surface area contributed by atoms with Crippen molar-refractivity contribution in [1.29, 1.82) is 0 Å². The second-order valence-corrected chi connectivity index (χ2v) is 6.10. The van der Waals surface area contributed by atoms with Crippen LogP contribution in [0.15, 0.2) is 0 Å². The summed E-state index contributed by atoms with van der Waals surface area (Å²) in [5, 5.41) is 6.44. The first-order valence-electron chi connectivity index (χ1n) is 6.60. The second kappa shape index (κ2) is 6.36. The lowest BCUT2D eigenvalue weighted by Crippen LogP contribution is -2.47. The van der Waals surface area contributed by atoms with Gasteiger partial charge in [-0.15, -0.1) is 0 Å². The van der Waals surface area contributed by atoms with Gasteiger partial charge in [-0.25, -0.2) is 0 Å². The average molecular weight is 241 g/mol. The lowest BCUT2D eigenvalue weighted by molar-refractivity contribution is -0.122. The zero-order valence-electron chi connectivity index (χ0n) is 11.7. The van der Waals surface area contributed by atoms with Crippen molar-refractivity contribution in [2.24, 2.45) is 0 Å². The molecule has 0 bridgehead atoms. The van der Waals surface area contributed by atoms with E-state index in [-0.39, 0.29) is 11.4 Å². The highest BCUT2D eigenvalue weighted by Gasteiger charge is 2.18. The van der Waals surface area contributed by atoms with Gasteiger partial charge in [0.15, 0.2) is 0 Å². The van der Waals surface area contributed by atoms with E-state index in [9.17, 15) is 4.79 Å². The van der Waals surface area contributed by atoms with Gasteiger partial charge in [-0.1, -0.05) is 0 Å². The molecule has 1 amide bonds. The summed E-state index contributed by atoms with van der Waals surface area (Å²) in [6.45, 7) is 9.22. The summed E-state index contributed by atoms with van der Waals surface area (Å²) in [7, 11) is 2.11. The number of piperidine rings is 1. The maximum absolute atomic E-state index is 11.7. The molecule has 1 aliphatic heterocycles. The summed E-state index contributed by atoms with van der Waals surface area (Å²) < 4.78 is 0. The predicted octanol–water partition coefficient (Wildman–Crippen LogP) is 0.975. The summed E-state index contributed by atoms with van der Waals surface area (Å²) in [4.78, 5) is 14.0. The molecule has 4 nitrogen and oxygen atoms in total. The van der Waals surface area contributed by atoms with Gasteiger partial charge in [0.1, 0.15) is 0 Å². The van der Waals surface area contributed by atoms with E-state index in [0.29, 0.717) is 12.5 Å². The molecule has 4 heteroatoms. The van der Waals surface area contributed by atoms with E-state index >= 15 is 0 Å². The Morgan fingerprint density at radius 1 is 1.41 bits per heavy atom. The highest BCUT2D eigenvalue weighted by molar-refractivity contribution is 5.76. The first-order valence-corrected chi connectivity index (χ1v) is 6.60. The third kappa shape index (κ3) is 6.64. The van der Waals surface area contributed by atoms with E-state index in [1.807, 2.05) is 0 Å². The highest BCUT2D eigenvalue weighted by Crippen LogP contribution is 2.07. The molecule has 1 unspecified atom stereocenters. The second-order valence-electron chi connectivity index (χ2n) is 6.10. The first-order chi connectivity index (χ1) is 7.87. The molecule has 1 aliphatic rings. The van der Waals surface area contributed by atoms with Crippen LogP contribution in [-0.2, 0) is 4.79 Å². The summed E-state index contributed by atoms with van der Waals surface area (Å²) in [5.41, 5.74) is 0.0886. The number of rotatable bonds is 4. The molecule has 2 N–H and O–H groups in total. The summed E-state index contributed by atoms with van der Waals surface area (Å²) in [6, 6.07) is 0.343. The number of carbonyl (C=O) groups excluding carboxylic acids is 1. The summed E-state index contributed by atoms with van der Waals surface area (Å²) in [6.07, 6.45) is 2.86. The molecule has 0 saturated carbocycles. The van der Waals surface area contributed by atoms with Crippen molar-refractivity contribution in [3.63, 3.8) is 0 Å². The Morgan fingerprint density at radius 2 is 2.12 bits per heavy atom. The Kier molecular flexibility index (Phi) is 5.40. The SMILES string of the molecule is CN1CCCC(NC(=O)CCNC(C)(C)C)C1. The Hall–Kier alpha value is -0.610. The lowest BCUT2D eigenvalue weighted by atomic mass is 10.1. The van der Waals surface area contributed by atoms with Crippen molar-refractivity contribution in [2.45, 2.75) is 51.6 Å². The third-order valence-corrected chi connectivity index (χ3v) is 3.00. The fourth-order valence-corrected chi connectivity index (χ4v) is 2.14. The molecular formula is C13H27N3O. The number of amides is 1. The normalized spacial score (nSPS) is 22.5. The number of carbonyl (C=O) groups is 1. The lowest BCUT2D eigenvalue weighted by Gasteiger charge is -2.30. The molecule has 0 radical (unpaired) electrons. The Balaban J connectivity index is 2.16. The highest BCUT2D eigenvalue weighted by atomic mass is 16.1. The van der Waals surface area contributed by atoms with Crippen LogP contribution >= 0.6 is 0 Å². The molecule has 0 spiro atoms. The van der Waals surface area contributed by atoms with Gasteiger partial charge in [0, 0.05) is 31.1 Å². The maximum Gasteiger partial charge on any atom is 0.221 e. The van der Waals surface area contributed by atoms with Crippen molar-refractivity contribution >= 4 is 5.91 Å². The average Bonchev–Trinajstić information content (AvgIpc) is 2.15. The van der Waals surface area contributed by atoms with E-state index in [2.05, 4.69) is 43.4 Å². The molecule has 1 fully saturated rings. The summed E-state index contributed by atoms with van der Waals surface area (Å²) in [5.74, 6) is 0.169. The quantitative estimate of drug-likeness (QED) is 0.771. The van der Waals surface area contributed by atoms with Gasteiger partial charge in [-0.3, -0.25) is 4.79 Å². The number of hydrogen-bond donors (Lipinski definition) is 2.